The fourth-order valence-corrected chi connectivity index (χ4v) is 2.19. The van der Waals surface area contributed by atoms with E-state index >= 15 is 0 Å². The number of hydrogen-bond acceptors (Lipinski definition) is 1. The van der Waals surface area contributed by atoms with Gasteiger partial charge in [-0.25, -0.2) is 0 Å². The lowest BCUT2D eigenvalue weighted by Crippen LogP contribution is -2.44. The van der Waals surface area contributed by atoms with Crippen LogP contribution in [0.4, 0.5) is 0 Å². The van der Waals surface area contributed by atoms with Crippen LogP contribution in [0.2, 0.25) is 0 Å². The summed E-state index contributed by atoms with van der Waals surface area (Å²) in [5, 5.41) is 0. The number of carbonyl (C=O) groups excluding carboxylic acids is 1. The van der Waals surface area contributed by atoms with Gasteiger partial charge in [0.05, 0.1) is 0 Å². The molecule has 0 spiro atoms. The molecule has 0 amide bonds. The maximum Gasteiger partial charge on any atom is 0.138 e. The maximum absolute atomic E-state index is 11.6. The van der Waals surface area contributed by atoms with E-state index in [0.29, 0.717) is 17.1 Å². The Kier molecular flexibility index (Phi) is 7.99. The first-order chi connectivity index (χ1) is 7.28. The Bertz CT molecular complexity index is 201. The third-order valence-electron chi connectivity index (χ3n) is 3.97. The maximum atomic E-state index is 11.6. The van der Waals surface area contributed by atoms with E-state index in [1.807, 2.05) is 27.7 Å². The van der Waals surface area contributed by atoms with Crippen molar-refractivity contribution in [1.82, 2.24) is 0 Å². The number of carbonyl (C=O) groups is 1. The number of hydrogen-bond donors (Lipinski definition) is 0. The van der Waals surface area contributed by atoms with Crippen LogP contribution >= 0.6 is 0 Å². The van der Waals surface area contributed by atoms with Gasteiger partial charge in [-0.2, -0.15) is 0 Å². The molecular weight excluding hydrogens is 196 g/mol. The highest BCUT2D eigenvalue weighted by molar-refractivity contribution is 5.85. The Balaban J connectivity index is 0. The second-order valence-corrected chi connectivity index (χ2v) is 5.36. The van der Waals surface area contributed by atoms with Crippen LogP contribution in [0.1, 0.15) is 75.2 Å². The van der Waals surface area contributed by atoms with Gasteiger partial charge in [-0.15, -0.1) is 0 Å². The summed E-state index contributed by atoms with van der Waals surface area (Å²) in [6.07, 6.45) is 1.82. The van der Waals surface area contributed by atoms with Crippen LogP contribution in [0, 0.1) is 16.7 Å². The number of rotatable bonds is 0. The molecule has 0 aromatic carbocycles. The molecule has 1 nitrogen and oxygen atoms in total. The molecule has 16 heavy (non-hydrogen) atoms. The minimum absolute atomic E-state index is 0.109. The minimum atomic E-state index is -0.109. The highest BCUT2D eigenvalue weighted by Crippen LogP contribution is 2.48. The van der Waals surface area contributed by atoms with Crippen molar-refractivity contribution in [3.05, 3.63) is 0 Å². The van der Waals surface area contributed by atoms with Crippen molar-refractivity contribution in [2.24, 2.45) is 16.7 Å². The molecule has 0 bridgehead atoms. The molecule has 1 heteroatoms. The molecule has 1 saturated carbocycles. The van der Waals surface area contributed by atoms with E-state index < -0.39 is 0 Å². The van der Waals surface area contributed by atoms with Gasteiger partial charge >= 0.3 is 0 Å². The van der Waals surface area contributed by atoms with Crippen molar-refractivity contribution >= 4 is 5.78 Å². The smallest absolute Gasteiger partial charge is 0.138 e. The summed E-state index contributed by atoms with van der Waals surface area (Å²) < 4.78 is 0. The second kappa shape index (κ2) is 7.09. The minimum Gasteiger partial charge on any atom is -0.299 e. The fourth-order valence-electron chi connectivity index (χ4n) is 2.19. The van der Waals surface area contributed by atoms with Gasteiger partial charge < -0.3 is 0 Å². The zero-order valence-corrected chi connectivity index (χ0v) is 12.9. The van der Waals surface area contributed by atoms with Crippen molar-refractivity contribution in [2.45, 2.75) is 75.2 Å². The zero-order chi connectivity index (χ0) is 13.6. The van der Waals surface area contributed by atoms with Gasteiger partial charge in [-0.3, -0.25) is 4.79 Å². The SMILES string of the molecule is CC.CC.CC1C(C)(C)CCC(=O)C1(C)C. The van der Waals surface area contributed by atoms with Gasteiger partial charge in [-0.1, -0.05) is 62.3 Å². The van der Waals surface area contributed by atoms with Gasteiger partial charge in [0.15, 0.2) is 0 Å². The summed E-state index contributed by atoms with van der Waals surface area (Å²) in [4.78, 5) is 11.6. The van der Waals surface area contributed by atoms with E-state index in [4.69, 9.17) is 0 Å². The first-order valence-corrected chi connectivity index (χ1v) is 6.82. The molecule has 0 saturated heterocycles. The fraction of sp³-hybridized carbons (Fsp3) is 0.933. The molecule has 1 aliphatic rings. The largest absolute Gasteiger partial charge is 0.299 e. The monoisotopic (exact) mass is 228 g/mol. The first-order valence-electron chi connectivity index (χ1n) is 6.82. The van der Waals surface area contributed by atoms with Crippen molar-refractivity contribution in [3.8, 4) is 0 Å². The van der Waals surface area contributed by atoms with Crippen LogP contribution in [-0.2, 0) is 4.79 Å². The summed E-state index contributed by atoms with van der Waals surface area (Å²) in [5.41, 5.74) is 0.221. The normalized spacial score (nSPS) is 25.8. The van der Waals surface area contributed by atoms with E-state index in [0.717, 1.165) is 12.8 Å². The second-order valence-electron chi connectivity index (χ2n) is 5.36. The van der Waals surface area contributed by atoms with Crippen molar-refractivity contribution in [3.63, 3.8) is 0 Å². The quantitative estimate of drug-likeness (QED) is 0.564. The van der Waals surface area contributed by atoms with Crippen molar-refractivity contribution in [2.75, 3.05) is 0 Å². The average Bonchev–Trinajstić information content (AvgIpc) is 2.28. The Morgan fingerprint density at radius 3 is 1.69 bits per heavy atom. The molecule has 1 unspecified atom stereocenters. The van der Waals surface area contributed by atoms with Crippen LogP contribution in [-0.4, -0.2) is 5.78 Å². The Morgan fingerprint density at radius 2 is 1.38 bits per heavy atom. The lowest BCUT2D eigenvalue weighted by Gasteiger charge is -2.46. The molecule has 98 valence electrons. The highest BCUT2D eigenvalue weighted by Gasteiger charge is 2.45. The first kappa shape index (κ1) is 18.0. The van der Waals surface area contributed by atoms with E-state index in [-0.39, 0.29) is 5.41 Å². The van der Waals surface area contributed by atoms with Gasteiger partial charge in [0, 0.05) is 11.8 Å². The van der Waals surface area contributed by atoms with E-state index in [2.05, 4.69) is 34.6 Å². The Labute approximate surface area is 103 Å². The summed E-state index contributed by atoms with van der Waals surface area (Å²) in [6.45, 7) is 18.9. The zero-order valence-electron chi connectivity index (χ0n) is 12.9. The third kappa shape index (κ3) is 3.92. The average molecular weight is 228 g/mol. The lowest BCUT2D eigenvalue weighted by atomic mass is 9.57. The standard InChI is InChI=1S/C11H20O.2C2H6/c1-8-10(2,3)7-6-9(12)11(8,4)5;2*1-2/h8H,6-7H2,1-5H3;2*1-2H3. The molecule has 0 N–H and O–H groups in total. The van der Waals surface area contributed by atoms with Crippen molar-refractivity contribution < 1.29 is 4.79 Å². The van der Waals surface area contributed by atoms with Crippen LogP contribution in [0.5, 0.6) is 0 Å². The molecule has 1 rings (SSSR count). The molecule has 0 aliphatic heterocycles. The van der Waals surface area contributed by atoms with Crippen LogP contribution in [0.3, 0.4) is 0 Å². The predicted molar refractivity (Wildman–Crippen MR) is 73.7 cm³/mol. The molecule has 0 heterocycles. The lowest BCUT2D eigenvalue weighted by molar-refractivity contribution is -0.137. The van der Waals surface area contributed by atoms with Crippen LogP contribution in [0.15, 0.2) is 0 Å². The predicted octanol–water partition coefficient (Wildman–Crippen LogP) is 5.09. The Morgan fingerprint density at radius 1 is 1.00 bits per heavy atom. The molecule has 1 atom stereocenters. The molecule has 0 radical (unpaired) electrons. The highest BCUT2D eigenvalue weighted by atomic mass is 16.1. The van der Waals surface area contributed by atoms with Gasteiger partial charge in [0.2, 0.25) is 0 Å². The molecule has 1 fully saturated rings. The summed E-state index contributed by atoms with van der Waals surface area (Å²) >= 11 is 0. The molecule has 0 aromatic rings. The van der Waals surface area contributed by atoms with Gasteiger partial charge in [-0.05, 0) is 17.8 Å². The van der Waals surface area contributed by atoms with E-state index in [9.17, 15) is 4.79 Å². The summed E-state index contributed by atoms with van der Waals surface area (Å²) in [6, 6.07) is 0. The summed E-state index contributed by atoms with van der Waals surface area (Å²) in [7, 11) is 0. The number of ketones is 1. The van der Waals surface area contributed by atoms with Crippen molar-refractivity contribution in [1.29, 1.82) is 0 Å². The van der Waals surface area contributed by atoms with Crippen LogP contribution < -0.4 is 0 Å². The van der Waals surface area contributed by atoms with Crippen LogP contribution in [0.25, 0.3) is 0 Å². The van der Waals surface area contributed by atoms with E-state index in [1.165, 1.54) is 0 Å². The van der Waals surface area contributed by atoms with Gasteiger partial charge in [0.1, 0.15) is 5.78 Å². The van der Waals surface area contributed by atoms with Gasteiger partial charge in [0.25, 0.3) is 0 Å². The molecular formula is C15H32O. The number of Topliss-reactive ketones (excluding diaryl/α,β-unsaturated/α-hetero) is 1. The third-order valence-corrected chi connectivity index (χ3v) is 3.97. The molecule has 0 aromatic heterocycles. The van der Waals surface area contributed by atoms with E-state index in [1.54, 1.807) is 0 Å². The Hall–Kier alpha value is -0.330. The topological polar surface area (TPSA) is 17.1 Å². The molecule has 1 aliphatic carbocycles. The summed E-state index contributed by atoms with van der Waals surface area (Å²) in [5.74, 6) is 0.931.